The molecule has 0 aliphatic carbocycles. The van der Waals surface area contributed by atoms with Crippen LogP contribution in [0.2, 0.25) is 0 Å². The number of quaternary nitrogens is 1. The second-order valence-electron chi connectivity index (χ2n) is 33.3. The molecule has 0 aromatic rings. The zero-order valence-corrected chi connectivity index (χ0v) is 69.8. The summed E-state index contributed by atoms with van der Waals surface area (Å²) in [5.41, 5.74) is 0. The van der Waals surface area contributed by atoms with Crippen molar-refractivity contribution in [2.24, 2.45) is 0 Å². The highest BCUT2D eigenvalue weighted by molar-refractivity contribution is 5.71. The Hall–Kier alpha value is -1.97. The Morgan fingerprint density at radius 2 is 0.500 bits per heavy atom. The molecule has 0 heterocycles. The monoisotopic (exact) mass is 1440 g/mol. The van der Waals surface area contributed by atoms with Crippen LogP contribution in [0.15, 0.2) is 12.2 Å². The quantitative estimate of drug-likeness (QED) is 0.0211. The number of esters is 2. The maximum absolute atomic E-state index is 13.0. The number of nitrogens with zero attached hydrogens (tertiary/aromatic N) is 1. The minimum Gasteiger partial charge on any atom is -0.477 e. The van der Waals surface area contributed by atoms with Gasteiger partial charge in [0.25, 0.3) is 6.29 Å². The number of carbonyl (C=O) groups excluding carboxylic acids is 2. The lowest BCUT2D eigenvalue weighted by atomic mass is 10.0. The summed E-state index contributed by atoms with van der Waals surface area (Å²) in [6.45, 7) is 4.99. The summed E-state index contributed by atoms with van der Waals surface area (Å²) >= 11 is 0. The van der Waals surface area contributed by atoms with Gasteiger partial charge < -0.3 is 28.5 Å². The van der Waals surface area contributed by atoms with Crippen molar-refractivity contribution in [3.8, 4) is 0 Å². The van der Waals surface area contributed by atoms with E-state index in [9.17, 15) is 19.5 Å². The van der Waals surface area contributed by atoms with Gasteiger partial charge >= 0.3 is 17.9 Å². The van der Waals surface area contributed by atoms with Crippen molar-refractivity contribution >= 4 is 17.9 Å². The number of hydrogen-bond acceptors (Lipinski definition) is 7. The number of aliphatic carboxylic acids is 1. The Morgan fingerprint density at radius 1 is 0.284 bits per heavy atom. The van der Waals surface area contributed by atoms with E-state index in [-0.39, 0.29) is 38.2 Å². The maximum atomic E-state index is 13.0. The Balaban J connectivity index is 3.86. The fraction of sp³-hybridized carbons (Fsp3) is 0.946. The largest absolute Gasteiger partial charge is 0.477 e. The van der Waals surface area contributed by atoms with E-state index in [1.807, 2.05) is 21.1 Å². The molecule has 9 heteroatoms. The summed E-state index contributed by atoms with van der Waals surface area (Å²) in [5, 5.41) is 9.80. The van der Waals surface area contributed by atoms with E-state index < -0.39 is 18.4 Å². The molecular weight excluding hydrogens is 1260 g/mol. The molecule has 0 aromatic carbocycles. The Kier molecular flexibility index (Phi) is 83.0. The van der Waals surface area contributed by atoms with Crippen molar-refractivity contribution in [3.05, 3.63) is 12.2 Å². The van der Waals surface area contributed by atoms with E-state index in [2.05, 4.69) is 26.0 Å². The average Bonchev–Trinajstić information content (AvgIpc) is 0.997. The number of carboxylic acid groups (broad SMARTS) is 1. The number of carboxylic acids is 1. The first kappa shape index (κ1) is 100. The molecule has 0 rings (SSSR count). The van der Waals surface area contributed by atoms with E-state index in [1.165, 1.54) is 443 Å². The molecule has 0 saturated carbocycles. The van der Waals surface area contributed by atoms with E-state index in [4.69, 9.17) is 18.9 Å². The van der Waals surface area contributed by atoms with Crippen LogP contribution in [0.4, 0.5) is 0 Å². The molecule has 0 fully saturated rings. The molecule has 9 nitrogen and oxygen atoms in total. The minimum atomic E-state index is -1.51. The van der Waals surface area contributed by atoms with Crippen LogP contribution < -0.4 is 0 Å². The lowest BCUT2D eigenvalue weighted by Gasteiger charge is -2.25. The van der Waals surface area contributed by atoms with Gasteiger partial charge in [0, 0.05) is 12.8 Å². The van der Waals surface area contributed by atoms with Gasteiger partial charge in [0.05, 0.1) is 34.4 Å². The second-order valence-corrected chi connectivity index (χ2v) is 33.3. The topological polar surface area (TPSA) is 108 Å². The number of unbranched alkanes of at least 4 members (excludes halogenated alkanes) is 72. The van der Waals surface area contributed by atoms with Gasteiger partial charge in [-0.15, -0.1) is 0 Å². The molecule has 0 radical (unpaired) electrons. The van der Waals surface area contributed by atoms with Crippen LogP contribution in [0.1, 0.15) is 508 Å². The lowest BCUT2D eigenvalue weighted by Crippen LogP contribution is -2.40. The molecule has 606 valence electrons. The Morgan fingerprint density at radius 3 is 0.725 bits per heavy atom. The van der Waals surface area contributed by atoms with Gasteiger partial charge in [0.1, 0.15) is 13.2 Å². The first-order valence-electron chi connectivity index (χ1n) is 46.4. The highest BCUT2D eigenvalue weighted by Crippen LogP contribution is 2.22. The summed E-state index contributed by atoms with van der Waals surface area (Å²) in [5.74, 6) is -1.96. The molecule has 0 aliphatic rings. The number of likely N-dealkylation sites (N-methyl/N-ethyl adjacent to an activating group) is 1. The fourth-order valence-electron chi connectivity index (χ4n) is 14.7. The lowest BCUT2D eigenvalue weighted by molar-refractivity contribution is -0.870. The zero-order valence-electron chi connectivity index (χ0n) is 69.8. The molecule has 102 heavy (non-hydrogen) atoms. The number of hydrogen-bond donors (Lipinski definition) is 1. The van der Waals surface area contributed by atoms with Crippen LogP contribution in [0, 0.1) is 0 Å². The molecule has 0 bridgehead atoms. The standard InChI is InChI=1S/C93H181NO8/c1-6-8-10-12-14-16-18-20-22-24-26-28-30-32-34-36-38-40-42-44-46-48-50-52-54-56-58-60-62-64-66-68-70-72-74-76-78-80-82-84-91(96)102-89(88-101-93(92(97)98)99-86-85-94(3,4)5)87-100-90(95)83-81-79-77-75-73-71-69-67-65-63-61-59-57-55-53-51-49-47-45-43-41-39-37-35-33-31-29-27-25-23-21-19-17-15-13-11-9-7-2/h24,26,89,93H,6-23,25,27-88H2,1-5H3/p+1/b26-24-. The summed E-state index contributed by atoms with van der Waals surface area (Å²) in [4.78, 5) is 37.8. The molecule has 0 saturated heterocycles. The van der Waals surface area contributed by atoms with E-state index >= 15 is 0 Å². The first-order valence-corrected chi connectivity index (χ1v) is 46.4. The number of allylic oxidation sites excluding steroid dienone is 2. The van der Waals surface area contributed by atoms with E-state index in [0.29, 0.717) is 17.4 Å². The van der Waals surface area contributed by atoms with Crippen LogP contribution >= 0.6 is 0 Å². The van der Waals surface area contributed by atoms with Gasteiger partial charge in [-0.3, -0.25) is 9.59 Å². The molecule has 0 aliphatic heterocycles. The molecule has 1 N–H and O–H groups in total. The van der Waals surface area contributed by atoms with Crippen molar-refractivity contribution in [2.45, 2.75) is 521 Å². The van der Waals surface area contributed by atoms with Crippen LogP contribution in [0.3, 0.4) is 0 Å². The first-order chi connectivity index (χ1) is 50.1. The Labute approximate surface area is 637 Å². The van der Waals surface area contributed by atoms with Gasteiger partial charge in [0.2, 0.25) is 0 Å². The Bertz CT molecular complexity index is 1680. The molecular formula is C93H182NO8+. The van der Waals surface area contributed by atoms with Crippen molar-refractivity contribution in [2.75, 3.05) is 47.5 Å². The van der Waals surface area contributed by atoms with Crippen LogP contribution in [0.25, 0.3) is 0 Å². The molecule has 0 spiro atoms. The highest BCUT2D eigenvalue weighted by atomic mass is 16.7. The van der Waals surface area contributed by atoms with Crippen LogP contribution in [0.5, 0.6) is 0 Å². The SMILES string of the molecule is CCCCCCCCCC/C=C\CCCCCCCCCCCCCCCCCCCCCCCCCCCCCC(=O)OC(COC(=O)CCCCCCCCCCCCCCCCCCCCCCCCCCCCCCCCCCCCCCCC)COC(OCC[N+](C)(C)C)C(=O)O. The maximum Gasteiger partial charge on any atom is 0.361 e. The van der Waals surface area contributed by atoms with E-state index in [0.717, 1.165) is 38.5 Å². The fourth-order valence-corrected chi connectivity index (χ4v) is 14.7. The molecule has 0 amide bonds. The van der Waals surface area contributed by atoms with Crippen LogP contribution in [-0.2, 0) is 33.3 Å². The van der Waals surface area contributed by atoms with Gasteiger partial charge in [-0.25, -0.2) is 4.79 Å². The van der Waals surface area contributed by atoms with Crippen molar-refractivity contribution in [3.63, 3.8) is 0 Å². The zero-order chi connectivity index (χ0) is 73.9. The van der Waals surface area contributed by atoms with Gasteiger partial charge in [-0.05, 0) is 38.5 Å². The van der Waals surface area contributed by atoms with Crippen molar-refractivity contribution in [1.29, 1.82) is 0 Å². The van der Waals surface area contributed by atoms with Gasteiger partial charge in [0.15, 0.2) is 6.10 Å². The van der Waals surface area contributed by atoms with E-state index in [1.54, 1.807) is 0 Å². The van der Waals surface area contributed by atoms with Crippen LogP contribution in [-0.4, -0.2) is 87.4 Å². The normalized spacial score (nSPS) is 12.5. The molecule has 2 atom stereocenters. The minimum absolute atomic E-state index is 0.172. The third kappa shape index (κ3) is 85.3. The number of carbonyl (C=O) groups is 3. The molecule has 0 aromatic heterocycles. The molecule has 2 unspecified atom stereocenters. The third-order valence-electron chi connectivity index (χ3n) is 21.8. The number of rotatable bonds is 89. The highest BCUT2D eigenvalue weighted by Gasteiger charge is 2.25. The summed E-state index contributed by atoms with van der Waals surface area (Å²) in [7, 11) is 6.01. The number of ether oxygens (including phenoxy) is 4. The average molecular weight is 1440 g/mol. The summed E-state index contributed by atoms with van der Waals surface area (Å²) in [6, 6.07) is 0. The summed E-state index contributed by atoms with van der Waals surface area (Å²) < 4.78 is 23.1. The second kappa shape index (κ2) is 84.7. The predicted molar refractivity (Wildman–Crippen MR) is 443 cm³/mol. The summed E-state index contributed by atoms with van der Waals surface area (Å²) in [6.07, 6.45) is 106. The van der Waals surface area contributed by atoms with Crippen molar-refractivity contribution < 1.29 is 42.9 Å². The van der Waals surface area contributed by atoms with Crippen molar-refractivity contribution in [1.82, 2.24) is 0 Å². The van der Waals surface area contributed by atoms with Gasteiger partial charge in [-0.2, -0.15) is 0 Å². The van der Waals surface area contributed by atoms with Gasteiger partial charge in [-0.1, -0.05) is 469 Å². The smallest absolute Gasteiger partial charge is 0.361 e. The predicted octanol–water partition coefficient (Wildman–Crippen LogP) is 30.2. The third-order valence-corrected chi connectivity index (χ3v) is 21.8.